The van der Waals surface area contributed by atoms with E-state index in [9.17, 15) is 14.4 Å². The monoisotopic (exact) mass is 478 g/mol. The number of hydrogen-bond acceptors (Lipinski definition) is 7. The van der Waals surface area contributed by atoms with Gasteiger partial charge in [-0.1, -0.05) is 6.07 Å². The van der Waals surface area contributed by atoms with Gasteiger partial charge in [-0.25, -0.2) is 14.4 Å². The van der Waals surface area contributed by atoms with E-state index in [1.807, 2.05) is 48.5 Å². The second-order valence-electron chi connectivity index (χ2n) is 11.3. The van der Waals surface area contributed by atoms with Gasteiger partial charge in [-0.2, -0.15) is 0 Å². The second kappa shape index (κ2) is 8.78. The van der Waals surface area contributed by atoms with E-state index in [0.717, 1.165) is 57.4 Å². The van der Waals surface area contributed by atoms with Gasteiger partial charge < -0.3 is 24.8 Å². The molecular weight excluding hydrogens is 444 g/mol. The van der Waals surface area contributed by atoms with Crippen LogP contribution in [0.5, 0.6) is 0 Å². The van der Waals surface area contributed by atoms with Crippen LogP contribution in [0.3, 0.4) is 0 Å². The topological polar surface area (TPSA) is 82.2 Å². The van der Waals surface area contributed by atoms with Crippen LogP contribution < -0.4 is 15.1 Å². The largest absolute Gasteiger partial charge is 0.444 e. The molecule has 1 aromatic carbocycles. The lowest BCUT2D eigenvalue weighted by Gasteiger charge is -2.54. The van der Waals surface area contributed by atoms with Crippen molar-refractivity contribution in [2.24, 2.45) is 5.41 Å². The molecule has 5 rings (SSSR count). The first-order valence-corrected chi connectivity index (χ1v) is 12.6. The number of likely N-dealkylation sites (tertiary alicyclic amines) is 1. The lowest BCUT2D eigenvalue weighted by Crippen LogP contribution is -2.61. The quantitative estimate of drug-likeness (QED) is 0.653. The van der Waals surface area contributed by atoms with E-state index < -0.39 is 5.60 Å². The fourth-order valence-corrected chi connectivity index (χ4v) is 6.14. The summed E-state index contributed by atoms with van der Waals surface area (Å²) in [4.78, 5) is 41.3. The highest BCUT2D eigenvalue weighted by Crippen LogP contribution is 2.47. The van der Waals surface area contributed by atoms with Gasteiger partial charge in [0.05, 0.1) is 0 Å². The highest BCUT2D eigenvalue weighted by Gasteiger charge is 2.49. The Labute approximate surface area is 206 Å². The maximum Gasteiger partial charge on any atom is 0.410 e. The van der Waals surface area contributed by atoms with Crippen LogP contribution in [0.2, 0.25) is 0 Å². The van der Waals surface area contributed by atoms with Crippen LogP contribution >= 0.6 is 0 Å². The van der Waals surface area contributed by atoms with Crippen LogP contribution in [0.25, 0.3) is 0 Å². The van der Waals surface area contributed by atoms with Gasteiger partial charge in [0.1, 0.15) is 17.2 Å². The van der Waals surface area contributed by atoms with Gasteiger partial charge >= 0.3 is 6.09 Å². The summed E-state index contributed by atoms with van der Waals surface area (Å²) >= 11 is 0. The fraction of sp³-hybridized carbons (Fsp3) is 0.593. The third-order valence-corrected chi connectivity index (χ3v) is 7.83. The normalized spacial score (nSPS) is 21.7. The number of amides is 1. The molecule has 0 bridgehead atoms. The Kier molecular flexibility index (Phi) is 5.90. The number of fused-ring (bicyclic) bond motifs is 1. The molecule has 0 atom stereocenters. The lowest BCUT2D eigenvalue weighted by atomic mass is 9.67. The van der Waals surface area contributed by atoms with Crippen LogP contribution in [0, 0.1) is 5.41 Å². The minimum Gasteiger partial charge on any atom is -0.444 e. The summed E-state index contributed by atoms with van der Waals surface area (Å²) in [6, 6.07) is 6.77. The Morgan fingerprint density at radius 2 is 1.77 bits per heavy atom. The van der Waals surface area contributed by atoms with Gasteiger partial charge in [-0.05, 0) is 65.0 Å². The van der Waals surface area contributed by atoms with Gasteiger partial charge in [0.2, 0.25) is 0 Å². The summed E-state index contributed by atoms with van der Waals surface area (Å²) in [5, 5.41) is 2.87. The zero-order chi connectivity index (χ0) is 24.8. The van der Waals surface area contributed by atoms with E-state index in [-0.39, 0.29) is 17.3 Å². The van der Waals surface area contributed by atoms with E-state index in [4.69, 9.17) is 4.74 Å². The standard InChI is InChI=1S/C27H34N4O4/c1-26(2,3)35-25(34)29-17-27(18-29)11-7-20(8-12-27)30-14-10-21-22(30)5-4-6-23(21)31-13-9-19(15-32)28-24(31)16-33/h4-6,20,28H,7-14,17-18H2,1-3H3. The maximum atomic E-state index is 12.4. The van der Waals surface area contributed by atoms with Crippen molar-refractivity contribution in [3.63, 3.8) is 0 Å². The van der Waals surface area contributed by atoms with Crippen LogP contribution in [-0.2, 0) is 20.7 Å². The number of hydrogen-bond donors (Lipinski definition) is 1. The molecule has 0 unspecified atom stereocenters. The third-order valence-electron chi connectivity index (χ3n) is 7.83. The first-order valence-electron chi connectivity index (χ1n) is 12.6. The zero-order valence-electron chi connectivity index (χ0n) is 20.9. The van der Waals surface area contributed by atoms with Crippen molar-refractivity contribution in [3.05, 3.63) is 35.3 Å². The maximum absolute atomic E-state index is 12.4. The van der Waals surface area contributed by atoms with Crippen molar-refractivity contribution >= 4 is 29.4 Å². The van der Waals surface area contributed by atoms with E-state index in [1.165, 1.54) is 11.3 Å². The first-order chi connectivity index (χ1) is 16.7. The number of nitrogens with zero attached hydrogens (tertiary/aromatic N) is 3. The number of anilines is 2. The molecule has 1 spiro atoms. The summed E-state index contributed by atoms with van der Waals surface area (Å²) in [6.45, 7) is 8.84. The predicted molar refractivity (Wildman–Crippen MR) is 133 cm³/mol. The second-order valence-corrected chi connectivity index (χ2v) is 11.3. The summed E-state index contributed by atoms with van der Waals surface area (Å²) in [6.07, 6.45) is 5.73. The Balaban J connectivity index is 1.24. The number of carbonyl (C=O) groups excluding carboxylic acids is 3. The smallest absolute Gasteiger partial charge is 0.410 e. The SMILES string of the molecule is CC(C)(C)OC(=O)N1CC2(CCC(N3CCc4c(N5CCC(=C=O)NC5=C=O)cccc43)CC2)C1. The molecule has 4 aliphatic rings. The van der Waals surface area contributed by atoms with Crippen LogP contribution in [-0.4, -0.2) is 60.7 Å². The Hall–Kier alpha value is -3.21. The van der Waals surface area contributed by atoms with E-state index in [1.54, 1.807) is 0 Å². The Morgan fingerprint density at radius 1 is 1.06 bits per heavy atom. The summed E-state index contributed by atoms with van der Waals surface area (Å²) in [5.74, 6) is 4.11. The zero-order valence-corrected chi connectivity index (χ0v) is 20.9. The van der Waals surface area contributed by atoms with E-state index >= 15 is 0 Å². The van der Waals surface area contributed by atoms with Crippen molar-refractivity contribution < 1.29 is 19.1 Å². The minimum atomic E-state index is -0.459. The van der Waals surface area contributed by atoms with E-state index in [0.29, 0.717) is 24.7 Å². The van der Waals surface area contributed by atoms with Crippen molar-refractivity contribution in [1.82, 2.24) is 10.2 Å². The molecular formula is C27H34N4O4. The Morgan fingerprint density at radius 3 is 2.43 bits per heavy atom. The molecule has 0 aromatic heterocycles. The minimum absolute atomic E-state index is 0.196. The number of rotatable bonds is 2. The highest BCUT2D eigenvalue weighted by atomic mass is 16.6. The Bertz CT molecular complexity index is 1110. The summed E-state index contributed by atoms with van der Waals surface area (Å²) < 4.78 is 5.53. The molecule has 1 aliphatic carbocycles. The molecule has 3 heterocycles. The molecule has 1 aromatic rings. The number of benzene rings is 1. The number of nitrogens with one attached hydrogen (secondary N) is 1. The van der Waals surface area contributed by atoms with Crippen molar-refractivity contribution in [3.8, 4) is 0 Å². The van der Waals surface area contributed by atoms with Gasteiger partial charge in [-0.15, -0.1) is 0 Å². The molecule has 8 nitrogen and oxygen atoms in total. The van der Waals surface area contributed by atoms with Crippen LogP contribution in [0.1, 0.15) is 58.4 Å². The average molecular weight is 479 g/mol. The van der Waals surface area contributed by atoms with Crippen molar-refractivity contribution in [2.45, 2.75) is 70.9 Å². The molecule has 2 saturated heterocycles. The molecule has 1 amide bonds. The van der Waals surface area contributed by atoms with Gasteiger partial charge in [0, 0.05) is 61.0 Å². The number of carbonyl (C=O) groups is 1. The van der Waals surface area contributed by atoms with E-state index in [2.05, 4.69) is 22.3 Å². The molecule has 35 heavy (non-hydrogen) atoms. The molecule has 1 N–H and O–H groups in total. The van der Waals surface area contributed by atoms with Crippen LogP contribution in [0.15, 0.2) is 29.7 Å². The third kappa shape index (κ3) is 4.44. The molecule has 3 aliphatic heterocycles. The summed E-state index contributed by atoms with van der Waals surface area (Å²) in [5.41, 5.74) is 3.69. The van der Waals surface area contributed by atoms with Crippen LogP contribution in [0.4, 0.5) is 16.2 Å². The average Bonchev–Trinajstić information content (AvgIpc) is 3.25. The number of ether oxygens (including phenoxy) is 1. The van der Waals surface area contributed by atoms with Crippen molar-refractivity contribution in [2.75, 3.05) is 36.0 Å². The molecule has 0 radical (unpaired) electrons. The molecule has 1 saturated carbocycles. The molecule has 186 valence electrons. The molecule has 3 fully saturated rings. The van der Waals surface area contributed by atoms with Gasteiger partial charge in [-0.3, -0.25) is 0 Å². The van der Waals surface area contributed by atoms with Gasteiger partial charge in [0.15, 0.2) is 11.8 Å². The lowest BCUT2D eigenvalue weighted by molar-refractivity contribution is -0.0505. The first kappa shape index (κ1) is 23.5. The fourth-order valence-electron chi connectivity index (χ4n) is 6.14. The van der Waals surface area contributed by atoms with Gasteiger partial charge in [0.25, 0.3) is 0 Å². The van der Waals surface area contributed by atoms with Crippen molar-refractivity contribution in [1.29, 1.82) is 0 Å². The highest BCUT2D eigenvalue weighted by molar-refractivity contribution is 5.76. The molecule has 8 heteroatoms. The summed E-state index contributed by atoms with van der Waals surface area (Å²) in [7, 11) is 0. The predicted octanol–water partition coefficient (Wildman–Crippen LogP) is 3.42.